The van der Waals surface area contributed by atoms with E-state index in [0.29, 0.717) is 35.8 Å². The lowest BCUT2D eigenvalue weighted by Gasteiger charge is -2.33. The lowest BCUT2D eigenvalue weighted by molar-refractivity contribution is 0.0712. The third-order valence-corrected chi connectivity index (χ3v) is 7.73. The summed E-state index contributed by atoms with van der Waals surface area (Å²) in [7, 11) is 0. The minimum Gasteiger partial charge on any atom is -0.464 e. The van der Waals surface area contributed by atoms with Crippen LogP contribution in [0.5, 0.6) is 6.01 Å². The van der Waals surface area contributed by atoms with E-state index in [1.807, 2.05) is 30.0 Å². The number of nitrogens with zero attached hydrogens (tertiary/aromatic N) is 4. The SMILES string of the molecule is CCOc1nnc(-c2cc(C(=O)N3CCC(c4ccc(C#N)cc4)CC3)c(CC)cc2C2CCC2)[nH]1. The molecule has 0 unspecified atom stereocenters. The lowest BCUT2D eigenvalue weighted by Crippen LogP contribution is -2.38. The molecule has 1 aliphatic heterocycles. The van der Waals surface area contributed by atoms with E-state index < -0.39 is 0 Å². The molecule has 0 bridgehead atoms. The second-order valence-corrected chi connectivity index (χ2v) is 9.79. The number of carbonyl (C=O) groups excluding carboxylic acids is 1. The lowest BCUT2D eigenvalue weighted by atomic mass is 9.76. The number of ether oxygens (including phenoxy) is 1. The van der Waals surface area contributed by atoms with Gasteiger partial charge in [-0.1, -0.05) is 36.6 Å². The number of amides is 1. The molecule has 5 rings (SSSR count). The van der Waals surface area contributed by atoms with Gasteiger partial charge >= 0.3 is 6.01 Å². The fourth-order valence-electron chi connectivity index (χ4n) is 5.40. The van der Waals surface area contributed by atoms with Crippen molar-refractivity contribution in [3.63, 3.8) is 0 Å². The summed E-state index contributed by atoms with van der Waals surface area (Å²) in [6, 6.07) is 14.7. The smallest absolute Gasteiger partial charge is 0.314 e. The number of rotatable bonds is 7. The molecule has 186 valence electrons. The zero-order valence-corrected chi connectivity index (χ0v) is 21.1. The van der Waals surface area contributed by atoms with Crippen molar-refractivity contribution in [2.75, 3.05) is 19.7 Å². The minimum atomic E-state index is 0.0936. The third kappa shape index (κ3) is 4.73. The van der Waals surface area contributed by atoms with Gasteiger partial charge in [-0.25, -0.2) is 0 Å². The Balaban J connectivity index is 1.39. The van der Waals surface area contributed by atoms with Crippen LogP contribution in [0.3, 0.4) is 0 Å². The molecule has 2 fully saturated rings. The van der Waals surface area contributed by atoms with Gasteiger partial charge in [0.25, 0.3) is 5.91 Å². The molecule has 7 heteroatoms. The van der Waals surface area contributed by atoms with Crippen molar-refractivity contribution < 1.29 is 9.53 Å². The summed E-state index contributed by atoms with van der Waals surface area (Å²) < 4.78 is 5.51. The maximum Gasteiger partial charge on any atom is 0.314 e. The number of piperidine rings is 1. The molecule has 0 atom stereocenters. The molecule has 1 amide bonds. The van der Waals surface area contributed by atoms with Gasteiger partial charge in [-0.15, -0.1) is 5.10 Å². The van der Waals surface area contributed by atoms with Gasteiger partial charge in [0.2, 0.25) is 0 Å². The molecule has 2 heterocycles. The van der Waals surface area contributed by atoms with Crippen molar-refractivity contribution in [2.24, 2.45) is 0 Å². The number of nitrogens with one attached hydrogen (secondary N) is 1. The second-order valence-electron chi connectivity index (χ2n) is 9.79. The molecule has 1 saturated carbocycles. The highest BCUT2D eigenvalue weighted by Gasteiger charge is 2.29. The summed E-state index contributed by atoms with van der Waals surface area (Å²) in [6.07, 6.45) is 6.22. The Morgan fingerprint density at radius 1 is 1.08 bits per heavy atom. The monoisotopic (exact) mass is 483 g/mol. The van der Waals surface area contributed by atoms with E-state index in [0.717, 1.165) is 49.0 Å². The van der Waals surface area contributed by atoms with Crippen LogP contribution in [0.15, 0.2) is 36.4 Å². The maximum atomic E-state index is 13.8. The maximum absolute atomic E-state index is 13.8. The number of H-pyrrole nitrogens is 1. The van der Waals surface area contributed by atoms with E-state index in [1.54, 1.807) is 0 Å². The molecule has 2 aromatic carbocycles. The molecule has 36 heavy (non-hydrogen) atoms. The van der Waals surface area contributed by atoms with E-state index in [9.17, 15) is 4.79 Å². The van der Waals surface area contributed by atoms with Crippen LogP contribution in [0.1, 0.15) is 90.4 Å². The number of nitriles is 1. The number of aryl methyl sites for hydroxylation is 1. The van der Waals surface area contributed by atoms with Crippen molar-refractivity contribution in [3.8, 4) is 23.5 Å². The van der Waals surface area contributed by atoms with E-state index in [-0.39, 0.29) is 5.91 Å². The van der Waals surface area contributed by atoms with Crippen molar-refractivity contribution >= 4 is 5.91 Å². The number of benzene rings is 2. The fourth-order valence-corrected chi connectivity index (χ4v) is 5.40. The van der Waals surface area contributed by atoms with E-state index in [4.69, 9.17) is 10.00 Å². The highest BCUT2D eigenvalue weighted by molar-refractivity contribution is 5.97. The first-order valence-corrected chi connectivity index (χ1v) is 13.1. The molecule has 3 aromatic rings. The molecular formula is C29H33N5O2. The number of likely N-dealkylation sites (tertiary alicyclic amines) is 1. The number of aromatic nitrogens is 3. The van der Waals surface area contributed by atoms with Crippen LogP contribution < -0.4 is 4.74 Å². The highest BCUT2D eigenvalue weighted by Crippen LogP contribution is 2.42. The topological polar surface area (TPSA) is 94.9 Å². The quantitative estimate of drug-likeness (QED) is 0.473. The zero-order chi connectivity index (χ0) is 25.1. The number of hydrogen-bond donors (Lipinski definition) is 1. The first-order chi connectivity index (χ1) is 17.6. The molecular weight excluding hydrogens is 450 g/mol. The highest BCUT2D eigenvalue weighted by atomic mass is 16.5. The molecule has 1 aliphatic carbocycles. The van der Waals surface area contributed by atoms with Crippen LogP contribution in [-0.4, -0.2) is 45.7 Å². The summed E-state index contributed by atoms with van der Waals surface area (Å²) in [5, 5.41) is 17.6. The predicted molar refractivity (Wildman–Crippen MR) is 138 cm³/mol. The van der Waals surface area contributed by atoms with Crippen molar-refractivity contribution in [1.29, 1.82) is 5.26 Å². The Morgan fingerprint density at radius 2 is 1.83 bits per heavy atom. The summed E-state index contributed by atoms with van der Waals surface area (Å²) >= 11 is 0. The van der Waals surface area contributed by atoms with Crippen molar-refractivity contribution in [1.82, 2.24) is 20.1 Å². The van der Waals surface area contributed by atoms with Gasteiger partial charge in [0, 0.05) is 24.2 Å². The van der Waals surface area contributed by atoms with Gasteiger partial charge in [-0.05, 0) is 85.8 Å². The largest absolute Gasteiger partial charge is 0.464 e. The Morgan fingerprint density at radius 3 is 2.44 bits per heavy atom. The van der Waals surface area contributed by atoms with Crippen LogP contribution >= 0.6 is 0 Å². The van der Waals surface area contributed by atoms with E-state index >= 15 is 0 Å². The fraction of sp³-hybridized carbons (Fsp3) is 0.448. The van der Waals surface area contributed by atoms with Gasteiger partial charge in [-0.3, -0.25) is 9.78 Å². The van der Waals surface area contributed by atoms with Crippen molar-refractivity contribution in [2.45, 2.75) is 64.2 Å². The van der Waals surface area contributed by atoms with Crippen LogP contribution in [0.4, 0.5) is 0 Å². The van der Waals surface area contributed by atoms with Crippen LogP contribution in [0, 0.1) is 11.3 Å². The second kappa shape index (κ2) is 10.5. The Bertz CT molecular complexity index is 1260. The predicted octanol–water partition coefficient (Wildman–Crippen LogP) is 5.59. The van der Waals surface area contributed by atoms with Crippen LogP contribution in [-0.2, 0) is 6.42 Å². The minimum absolute atomic E-state index is 0.0936. The van der Waals surface area contributed by atoms with E-state index in [2.05, 4.69) is 46.4 Å². The summed E-state index contributed by atoms with van der Waals surface area (Å²) in [5.41, 5.74) is 6.02. The average molecular weight is 484 g/mol. The molecule has 2 aliphatic rings. The van der Waals surface area contributed by atoms with Crippen LogP contribution in [0.2, 0.25) is 0 Å². The standard InChI is InChI=1S/C29H33N5O2/c1-3-20-16-24(23-6-5-7-23)26(27-31-29(33-32-27)36-4-2)17-25(20)28(35)34-14-12-22(13-15-34)21-10-8-19(18-30)9-11-21/h8-11,16-17,22-23H,3-7,12-15H2,1-2H3,(H,31,32,33). The van der Waals surface area contributed by atoms with Gasteiger partial charge < -0.3 is 9.64 Å². The van der Waals surface area contributed by atoms with Gasteiger partial charge in [-0.2, -0.15) is 5.26 Å². The zero-order valence-electron chi connectivity index (χ0n) is 21.1. The first-order valence-electron chi connectivity index (χ1n) is 13.1. The Kier molecular flexibility index (Phi) is 7.04. The number of hydrogen-bond acceptors (Lipinski definition) is 5. The Labute approximate surface area is 212 Å². The first kappa shape index (κ1) is 24.1. The van der Waals surface area contributed by atoms with Gasteiger partial charge in [0.05, 0.1) is 18.2 Å². The molecule has 7 nitrogen and oxygen atoms in total. The van der Waals surface area contributed by atoms with Crippen LogP contribution in [0.25, 0.3) is 11.4 Å². The summed E-state index contributed by atoms with van der Waals surface area (Å²) in [6.45, 7) is 6.00. The molecule has 1 saturated heterocycles. The summed E-state index contributed by atoms with van der Waals surface area (Å²) in [5.74, 6) is 1.67. The number of aromatic amines is 1. The van der Waals surface area contributed by atoms with Gasteiger partial charge in [0.15, 0.2) is 5.82 Å². The number of carbonyl (C=O) groups is 1. The van der Waals surface area contributed by atoms with Crippen molar-refractivity contribution in [3.05, 3.63) is 64.2 Å². The molecule has 1 N–H and O–H groups in total. The summed E-state index contributed by atoms with van der Waals surface area (Å²) in [4.78, 5) is 19.0. The molecule has 1 aromatic heterocycles. The third-order valence-electron chi connectivity index (χ3n) is 7.73. The normalized spacial score (nSPS) is 16.4. The molecule has 0 spiro atoms. The van der Waals surface area contributed by atoms with Gasteiger partial charge in [0.1, 0.15) is 0 Å². The Hall–Kier alpha value is -3.66. The molecule has 0 radical (unpaired) electrons. The van der Waals surface area contributed by atoms with E-state index in [1.165, 1.54) is 30.4 Å². The average Bonchev–Trinajstić information content (AvgIpc) is 3.36.